The van der Waals surface area contributed by atoms with Crippen LogP contribution >= 0.6 is 0 Å². The van der Waals surface area contributed by atoms with E-state index in [9.17, 15) is 4.79 Å². The van der Waals surface area contributed by atoms with Gasteiger partial charge in [0.05, 0.1) is 6.61 Å². The highest BCUT2D eigenvalue weighted by Gasteiger charge is 2.11. The van der Waals surface area contributed by atoms with Crippen LogP contribution in [0.25, 0.3) is 0 Å². The van der Waals surface area contributed by atoms with Crippen LogP contribution in [0.4, 0.5) is 0 Å². The van der Waals surface area contributed by atoms with Crippen LogP contribution in [-0.2, 0) is 11.2 Å². The molecule has 2 nitrogen and oxygen atoms in total. The molecule has 0 aliphatic heterocycles. The van der Waals surface area contributed by atoms with Gasteiger partial charge in [-0.05, 0) is 36.6 Å². The van der Waals surface area contributed by atoms with Gasteiger partial charge in [-0.1, -0.05) is 42.5 Å². The summed E-state index contributed by atoms with van der Waals surface area (Å²) in [4.78, 5) is 11.3. The number of hydrogen-bond acceptors (Lipinski definition) is 2. The molecule has 0 spiro atoms. The predicted octanol–water partition coefficient (Wildman–Crippen LogP) is 3.61. The minimum Gasteiger partial charge on any atom is -0.494 e. The molecule has 2 rings (SSSR count). The monoisotopic (exact) mass is 254 g/mol. The van der Waals surface area contributed by atoms with Crippen molar-refractivity contribution in [3.05, 3.63) is 65.7 Å². The van der Waals surface area contributed by atoms with Crippen molar-refractivity contribution < 1.29 is 9.53 Å². The van der Waals surface area contributed by atoms with Crippen LogP contribution in [0.5, 0.6) is 5.75 Å². The Morgan fingerprint density at radius 3 is 2.58 bits per heavy atom. The highest BCUT2D eigenvalue weighted by molar-refractivity contribution is 5.63. The van der Waals surface area contributed by atoms with E-state index in [1.807, 2.05) is 61.5 Å². The van der Waals surface area contributed by atoms with Crippen LogP contribution in [-0.4, -0.2) is 12.9 Å². The SMILES string of the molecule is CCOc1cccc(CC(C=O)c2ccccc2)c1. The van der Waals surface area contributed by atoms with Gasteiger partial charge in [-0.25, -0.2) is 0 Å². The third kappa shape index (κ3) is 3.68. The lowest BCUT2D eigenvalue weighted by molar-refractivity contribution is -0.109. The molecule has 0 aliphatic carbocycles. The molecule has 0 saturated carbocycles. The van der Waals surface area contributed by atoms with Crippen LogP contribution in [0.2, 0.25) is 0 Å². The molecular formula is C17H18O2. The van der Waals surface area contributed by atoms with Gasteiger partial charge in [0.2, 0.25) is 0 Å². The topological polar surface area (TPSA) is 26.3 Å². The second kappa shape index (κ2) is 6.74. The standard InChI is InChI=1S/C17H18O2/c1-2-19-17-10-6-7-14(12-17)11-16(13-18)15-8-4-3-5-9-15/h3-10,12-13,16H,2,11H2,1H3. The van der Waals surface area contributed by atoms with E-state index in [2.05, 4.69) is 0 Å². The highest BCUT2D eigenvalue weighted by Crippen LogP contribution is 2.21. The first-order valence-corrected chi connectivity index (χ1v) is 6.55. The Hall–Kier alpha value is -2.09. The minimum atomic E-state index is -0.0990. The first-order chi connectivity index (χ1) is 9.33. The maximum absolute atomic E-state index is 11.3. The van der Waals surface area contributed by atoms with Gasteiger partial charge in [-0.15, -0.1) is 0 Å². The van der Waals surface area contributed by atoms with Crippen molar-refractivity contribution in [3.8, 4) is 5.75 Å². The molecule has 0 aromatic heterocycles. The Morgan fingerprint density at radius 2 is 1.89 bits per heavy atom. The van der Waals surface area contributed by atoms with E-state index in [0.717, 1.165) is 23.2 Å². The number of hydrogen-bond donors (Lipinski definition) is 0. The zero-order valence-electron chi connectivity index (χ0n) is 11.1. The molecule has 2 heteroatoms. The van der Waals surface area contributed by atoms with Gasteiger partial charge < -0.3 is 9.53 Å². The predicted molar refractivity (Wildman–Crippen MR) is 76.6 cm³/mol. The van der Waals surface area contributed by atoms with Gasteiger partial charge in [0.25, 0.3) is 0 Å². The smallest absolute Gasteiger partial charge is 0.127 e. The van der Waals surface area contributed by atoms with Crippen molar-refractivity contribution in [1.82, 2.24) is 0 Å². The second-order valence-corrected chi connectivity index (χ2v) is 4.44. The van der Waals surface area contributed by atoms with E-state index in [-0.39, 0.29) is 5.92 Å². The fraction of sp³-hybridized carbons (Fsp3) is 0.235. The van der Waals surface area contributed by atoms with Gasteiger partial charge in [0, 0.05) is 5.92 Å². The number of carbonyl (C=O) groups excluding carboxylic acids is 1. The molecule has 0 amide bonds. The lowest BCUT2D eigenvalue weighted by Gasteiger charge is -2.12. The number of aldehydes is 1. The molecule has 2 aromatic carbocycles. The molecule has 1 atom stereocenters. The number of carbonyl (C=O) groups is 1. The van der Waals surface area contributed by atoms with Crippen molar-refractivity contribution in [3.63, 3.8) is 0 Å². The molecule has 0 heterocycles. The summed E-state index contributed by atoms with van der Waals surface area (Å²) < 4.78 is 5.48. The van der Waals surface area contributed by atoms with Gasteiger partial charge >= 0.3 is 0 Å². The molecule has 19 heavy (non-hydrogen) atoms. The summed E-state index contributed by atoms with van der Waals surface area (Å²) in [6, 6.07) is 17.8. The molecule has 0 bridgehead atoms. The molecule has 0 N–H and O–H groups in total. The van der Waals surface area contributed by atoms with Gasteiger partial charge in [-0.3, -0.25) is 0 Å². The number of rotatable bonds is 6. The highest BCUT2D eigenvalue weighted by atomic mass is 16.5. The van der Waals surface area contributed by atoms with Crippen molar-refractivity contribution in [2.75, 3.05) is 6.61 Å². The van der Waals surface area contributed by atoms with E-state index in [1.54, 1.807) is 0 Å². The Balaban J connectivity index is 2.14. The summed E-state index contributed by atoms with van der Waals surface area (Å²) in [6.07, 6.45) is 1.72. The third-order valence-corrected chi connectivity index (χ3v) is 3.06. The van der Waals surface area contributed by atoms with E-state index >= 15 is 0 Å². The molecule has 98 valence electrons. The van der Waals surface area contributed by atoms with Crippen molar-refractivity contribution in [2.24, 2.45) is 0 Å². The zero-order chi connectivity index (χ0) is 13.5. The van der Waals surface area contributed by atoms with Gasteiger partial charge in [0.15, 0.2) is 0 Å². The molecule has 2 aromatic rings. The summed E-state index contributed by atoms with van der Waals surface area (Å²) >= 11 is 0. The average molecular weight is 254 g/mol. The molecule has 0 aliphatic rings. The summed E-state index contributed by atoms with van der Waals surface area (Å²) in [5.74, 6) is 0.760. The fourth-order valence-electron chi connectivity index (χ4n) is 2.13. The molecule has 0 fully saturated rings. The Kier molecular flexibility index (Phi) is 4.73. The molecule has 0 radical (unpaired) electrons. The van der Waals surface area contributed by atoms with Crippen molar-refractivity contribution >= 4 is 6.29 Å². The fourth-order valence-corrected chi connectivity index (χ4v) is 2.13. The molecule has 0 saturated heterocycles. The first kappa shape index (κ1) is 13.3. The van der Waals surface area contributed by atoms with E-state index in [1.165, 1.54) is 0 Å². The lowest BCUT2D eigenvalue weighted by atomic mass is 9.93. The van der Waals surface area contributed by atoms with Crippen LogP contribution in [0.1, 0.15) is 24.0 Å². The van der Waals surface area contributed by atoms with Gasteiger partial charge in [-0.2, -0.15) is 0 Å². The Bertz CT molecular complexity index is 520. The minimum absolute atomic E-state index is 0.0990. The lowest BCUT2D eigenvalue weighted by Crippen LogP contribution is -2.04. The maximum Gasteiger partial charge on any atom is 0.127 e. The van der Waals surface area contributed by atoms with Crippen LogP contribution in [0.15, 0.2) is 54.6 Å². The largest absolute Gasteiger partial charge is 0.494 e. The van der Waals surface area contributed by atoms with Crippen LogP contribution in [0, 0.1) is 0 Å². The quantitative estimate of drug-likeness (QED) is 0.736. The third-order valence-electron chi connectivity index (χ3n) is 3.06. The van der Waals surface area contributed by atoms with Crippen molar-refractivity contribution in [1.29, 1.82) is 0 Å². The second-order valence-electron chi connectivity index (χ2n) is 4.44. The van der Waals surface area contributed by atoms with Crippen molar-refractivity contribution in [2.45, 2.75) is 19.3 Å². The molecule has 1 unspecified atom stereocenters. The van der Waals surface area contributed by atoms with Crippen LogP contribution in [0.3, 0.4) is 0 Å². The normalized spacial score (nSPS) is 11.8. The summed E-state index contributed by atoms with van der Waals surface area (Å²) in [7, 11) is 0. The maximum atomic E-state index is 11.3. The Morgan fingerprint density at radius 1 is 1.11 bits per heavy atom. The van der Waals surface area contributed by atoms with Gasteiger partial charge in [0.1, 0.15) is 12.0 Å². The summed E-state index contributed by atoms with van der Waals surface area (Å²) in [5, 5.41) is 0. The van der Waals surface area contributed by atoms with E-state index < -0.39 is 0 Å². The molecular weight excluding hydrogens is 236 g/mol. The van der Waals surface area contributed by atoms with Crippen LogP contribution < -0.4 is 4.74 Å². The average Bonchev–Trinajstić information content (AvgIpc) is 2.46. The number of ether oxygens (including phenoxy) is 1. The number of benzene rings is 2. The van der Waals surface area contributed by atoms with E-state index in [4.69, 9.17) is 4.74 Å². The summed E-state index contributed by atoms with van der Waals surface area (Å²) in [5.41, 5.74) is 2.17. The van der Waals surface area contributed by atoms with E-state index in [0.29, 0.717) is 13.0 Å². The Labute approximate surface area is 114 Å². The summed E-state index contributed by atoms with van der Waals surface area (Å²) in [6.45, 7) is 2.62. The first-order valence-electron chi connectivity index (χ1n) is 6.55. The zero-order valence-corrected chi connectivity index (χ0v) is 11.1.